The molecule has 1 aliphatic carbocycles. The first-order valence-corrected chi connectivity index (χ1v) is 7.94. The van der Waals surface area contributed by atoms with Gasteiger partial charge in [0.15, 0.2) is 0 Å². The van der Waals surface area contributed by atoms with E-state index in [1.807, 2.05) is 0 Å². The van der Waals surface area contributed by atoms with Crippen molar-refractivity contribution in [3.8, 4) is 0 Å². The molecule has 2 rings (SSSR count). The Morgan fingerprint density at radius 3 is 2.35 bits per heavy atom. The van der Waals surface area contributed by atoms with Crippen molar-refractivity contribution in [3.63, 3.8) is 0 Å². The van der Waals surface area contributed by atoms with E-state index >= 15 is 0 Å². The van der Waals surface area contributed by atoms with Crippen LogP contribution in [0.15, 0.2) is 24.3 Å². The standard InChI is InChI=1S/C17H28N2O/c1-3-19(4-2)12-11-18-17(13-20)16-9-7-15(8-10-16)14-5-6-14/h7-10,14,17-18,20H,3-6,11-13H2,1-2H3. The molecular weight excluding hydrogens is 248 g/mol. The summed E-state index contributed by atoms with van der Waals surface area (Å²) in [5, 5.41) is 13.0. The Morgan fingerprint density at radius 1 is 1.20 bits per heavy atom. The van der Waals surface area contributed by atoms with Gasteiger partial charge in [-0.2, -0.15) is 0 Å². The second kappa shape index (κ2) is 7.77. The van der Waals surface area contributed by atoms with E-state index in [9.17, 15) is 5.11 Å². The fourth-order valence-electron chi connectivity index (χ4n) is 2.64. The van der Waals surface area contributed by atoms with Crippen LogP contribution in [-0.4, -0.2) is 42.8 Å². The molecule has 1 saturated carbocycles. The molecule has 2 N–H and O–H groups in total. The molecule has 20 heavy (non-hydrogen) atoms. The molecule has 1 fully saturated rings. The third-order valence-electron chi connectivity index (χ3n) is 4.28. The van der Waals surface area contributed by atoms with Crippen LogP contribution in [-0.2, 0) is 0 Å². The number of nitrogens with one attached hydrogen (secondary N) is 1. The molecule has 0 heterocycles. The molecule has 0 saturated heterocycles. The maximum atomic E-state index is 9.57. The number of aliphatic hydroxyl groups is 1. The van der Waals surface area contributed by atoms with Crippen molar-refractivity contribution in [2.45, 2.75) is 38.6 Å². The molecule has 0 bridgehead atoms. The van der Waals surface area contributed by atoms with Crippen molar-refractivity contribution in [1.29, 1.82) is 0 Å². The smallest absolute Gasteiger partial charge is 0.0626 e. The largest absolute Gasteiger partial charge is 0.394 e. The molecule has 1 unspecified atom stereocenters. The topological polar surface area (TPSA) is 35.5 Å². The minimum absolute atomic E-state index is 0.0545. The van der Waals surface area contributed by atoms with Crippen LogP contribution in [0.2, 0.25) is 0 Å². The number of hydrogen-bond acceptors (Lipinski definition) is 3. The Morgan fingerprint density at radius 2 is 1.85 bits per heavy atom. The average Bonchev–Trinajstić information content (AvgIpc) is 3.33. The van der Waals surface area contributed by atoms with Crippen molar-refractivity contribution >= 4 is 0 Å². The van der Waals surface area contributed by atoms with E-state index in [0.29, 0.717) is 0 Å². The lowest BCUT2D eigenvalue weighted by atomic mass is 10.0. The summed E-state index contributed by atoms with van der Waals surface area (Å²) in [4.78, 5) is 2.39. The molecule has 1 aromatic rings. The van der Waals surface area contributed by atoms with Crippen LogP contribution in [0.25, 0.3) is 0 Å². The summed E-state index contributed by atoms with van der Waals surface area (Å²) in [7, 11) is 0. The van der Waals surface area contributed by atoms with Gasteiger partial charge in [0.2, 0.25) is 0 Å². The first-order valence-electron chi connectivity index (χ1n) is 7.94. The Balaban J connectivity index is 1.83. The van der Waals surface area contributed by atoms with Gasteiger partial charge in [0.1, 0.15) is 0 Å². The van der Waals surface area contributed by atoms with Gasteiger partial charge < -0.3 is 15.3 Å². The number of likely N-dealkylation sites (N-methyl/N-ethyl adjacent to an activating group) is 1. The summed E-state index contributed by atoms with van der Waals surface area (Å²) in [6.07, 6.45) is 2.68. The van der Waals surface area contributed by atoms with Gasteiger partial charge in [-0.25, -0.2) is 0 Å². The SMILES string of the molecule is CCN(CC)CCNC(CO)c1ccc(C2CC2)cc1. The lowest BCUT2D eigenvalue weighted by molar-refractivity contribution is 0.233. The molecule has 3 heteroatoms. The van der Waals surface area contributed by atoms with Crippen LogP contribution in [0, 0.1) is 0 Å². The van der Waals surface area contributed by atoms with Gasteiger partial charge in [-0.3, -0.25) is 0 Å². The highest BCUT2D eigenvalue weighted by Crippen LogP contribution is 2.40. The van der Waals surface area contributed by atoms with Crippen LogP contribution in [0.3, 0.4) is 0 Å². The second-order valence-corrected chi connectivity index (χ2v) is 5.66. The fraction of sp³-hybridized carbons (Fsp3) is 0.647. The fourth-order valence-corrected chi connectivity index (χ4v) is 2.64. The van der Waals surface area contributed by atoms with Gasteiger partial charge in [-0.1, -0.05) is 38.1 Å². The Kier molecular flexibility index (Phi) is 6.02. The zero-order chi connectivity index (χ0) is 14.4. The van der Waals surface area contributed by atoms with Gasteiger partial charge in [0, 0.05) is 13.1 Å². The van der Waals surface area contributed by atoms with Crippen LogP contribution in [0.5, 0.6) is 0 Å². The van der Waals surface area contributed by atoms with Crippen LogP contribution in [0.4, 0.5) is 0 Å². The Hall–Kier alpha value is -0.900. The third kappa shape index (κ3) is 4.30. The van der Waals surface area contributed by atoms with E-state index in [0.717, 1.165) is 32.1 Å². The van der Waals surface area contributed by atoms with Crippen LogP contribution < -0.4 is 5.32 Å². The van der Waals surface area contributed by atoms with E-state index in [1.165, 1.54) is 24.0 Å². The predicted molar refractivity (Wildman–Crippen MR) is 84.0 cm³/mol. The first kappa shape index (κ1) is 15.5. The highest BCUT2D eigenvalue weighted by Gasteiger charge is 2.23. The molecule has 0 aromatic heterocycles. The molecule has 0 radical (unpaired) electrons. The number of rotatable bonds is 9. The minimum atomic E-state index is 0.0545. The molecule has 1 aromatic carbocycles. The number of hydrogen-bond donors (Lipinski definition) is 2. The van der Waals surface area contributed by atoms with E-state index in [2.05, 4.69) is 48.3 Å². The van der Waals surface area contributed by atoms with E-state index in [-0.39, 0.29) is 12.6 Å². The van der Waals surface area contributed by atoms with Crippen LogP contribution in [0.1, 0.15) is 49.8 Å². The van der Waals surface area contributed by atoms with Gasteiger partial charge in [-0.15, -0.1) is 0 Å². The highest BCUT2D eigenvalue weighted by atomic mass is 16.3. The first-order chi connectivity index (χ1) is 9.78. The maximum absolute atomic E-state index is 9.57. The van der Waals surface area contributed by atoms with E-state index < -0.39 is 0 Å². The van der Waals surface area contributed by atoms with Gasteiger partial charge in [-0.05, 0) is 43.0 Å². The van der Waals surface area contributed by atoms with E-state index in [1.54, 1.807) is 0 Å². The van der Waals surface area contributed by atoms with Crippen LogP contribution >= 0.6 is 0 Å². The summed E-state index contributed by atoms with van der Waals surface area (Å²) in [6.45, 7) is 8.63. The Labute approximate surface area is 123 Å². The van der Waals surface area contributed by atoms with E-state index in [4.69, 9.17) is 0 Å². The van der Waals surface area contributed by atoms with Crippen molar-refractivity contribution in [1.82, 2.24) is 10.2 Å². The van der Waals surface area contributed by atoms with Gasteiger partial charge in [0.05, 0.1) is 12.6 Å². The third-order valence-corrected chi connectivity index (χ3v) is 4.28. The maximum Gasteiger partial charge on any atom is 0.0626 e. The summed E-state index contributed by atoms with van der Waals surface area (Å²) in [5.41, 5.74) is 2.64. The van der Waals surface area contributed by atoms with Crippen molar-refractivity contribution < 1.29 is 5.11 Å². The number of aliphatic hydroxyl groups excluding tert-OH is 1. The zero-order valence-corrected chi connectivity index (χ0v) is 12.8. The molecular formula is C17H28N2O. The summed E-state index contributed by atoms with van der Waals surface area (Å²) in [6, 6.07) is 8.83. The lowest BCUT2D eigenvalue weighted by Gasteiger charge is -2.21. The highest BCUT2D eigenvalue weighted by molar-refractivity contribution is 5.29. The predicted octanol–water partition coefficient (Wildman–Crippen LogP) is 2.53. The minimum Gasteiger partial charge on any atom is -0.394 e. The summed E-state index contributed by atoms with van der Waals surface area (Å²) in [5.74, 6) is 0.798. The molecule has 0 spiro atoms. The molecule has 1 aliphatic rings. The summed E-state index contributed by atoms with van der Waals surface area (Å²) < 4.78 is 0. The van der Waals surface area contributed by atoms with Crippen molar-refractivity contribution in [2.24, 2.45) is 0 Å². The zero-order valence-electron chi connectivity index (χ0n) is 12.8. The molecule has 112 valence electrons. The Bertz CT molecular complexity index is 382. The van der Waals surface area contributed by atoms with Crippen molar-refractivity contribution in [3.05, 3.63) is 35.4 Å². The van der Waals surface area contributed by atoms with Gasteiger partial charge >= 0.3 is 0 Å². The molecule has 1 atom stereocenters. The molecule has 0 amide bonds. The summed E-state index contributed by atoms with van der Waals surface area (Å²) >= 11 is 0. The number of benzene rings is 1. The normalized spacial score (nSPS) is 16.6. The molecule has 3 nitrogen and oxygen atoms in total. The average molecular weight is 276 g/mol. The molecule has 0 aliphatic heterocycles. The second-order valence-electron chi connectivity index (χ2n) is 5.66. The van der Waals surface area contributed by atoms with Gasteiger partial charge in [0.25, 0.3) is 0 Å². The monoisotopic (exact) mass is 276 g/mol. The lowest BCUT2D eigenvalue weighted by Crippen LogP contribution is -2.34. The number of nitrogens with zero attached hydrogens (tertiary/aromatic N) is 1. The quantitative estimate of drug-likeness (QED) is 0.727. The van der Waals surface area contributed by atoms with Crippen molar-refractivity contribution in [2.75, 3.05) is 32.8 Å².